The van der Waals surface area contributed by atoms with Gasteiger partial charge < -0.3 is 9.84 Å². The number of hydrogen-bond acceptors (Lipinski definition) is 4. The fourth-order valence-electron chi connectivity index (χ4n) is 3.20. The first-order chi connectivity index (χ1) is 15.1. The Balaban J connectivity index is 1.49. The van der Waals surface area contributed by atoms with Gasteiger partial charge in [-0.1, -0.05) is 70.5 Å². The van der Waals surface area contributed by atoms with E-state index in [2.05, 4.69) is 26.5 Å². The predicted molar refractivity (Wildman–Crippen MR) is 126 cm³/mol. The summed E-state index contributed by atoms with van der Waals surface area (Å²) in [6.45, 7) is 0.330. The molecule has 31 heavy (non-hydrogen) atoms. The van der Waals surface area contributed by atoms with Crippen LogP contribution in [0.15, 0.2) is 94.5 Å². The monoisotopic (exact) mass is 474 g/mol. The number of carbonyl (C=O) groups is 1. The van der Waals surface area contributed by atoms with Gasteiger partial charge in [-0.05, 0) is 46.7 Å². The van der Waals surface area contributed by atoms with Gasteiger partial charge in [0.15, 0.2) is 0 Å². The number of aromatic hydroxyl groups is 1. The van der Waals surface area contributed by atoms with Gasteiger partial charge in [0.2, 0.25) is 0 Å². The first kappa shape index (κ1) is 20.6. The molecule has 154 valence electrons. The number of phenols is 1. The van der Waals surface area contributed by atoms with Crippen LogP contribution in [0.1, 0.15) is 21.5 Å². The third kappa shape index (κ3) is 4.92. The second-order valence-corrected chi connectivity index (χ2v) is 7.75. The third-order valence-electron chi connectivity index (χ3n) is 4.72. The van der Waals surface area contributed by atoms with Crippen molar-refractivity contribution in [2.45, 2.75) is 6.61 Å². The summed E-state index contributed by atoms with van der Waals surface area (Å²) >= 11 is 3.44. The van der Waals surface area contributed by atoms with Gasteiger partial charge in [-0.25, -0.2) is 5.43 Å². The van der Waals surface area contributed by atoms with Crippen LogP contribution in [0.5, 0.6) is 11.5 Å². The lowest BCUT2D eigenvalue weighted by molar-refractivity contribution is 0.0950. The van der Waals surface area contributed by atoms with Crippen molar-refractivity contribution < 1.29 is 14.6 Å². The SMILES string of the molecule is O=C(N/N=C\c1c(O)ccc2ccccc12)c1ccccc1OCc1cccc(Br)c1. The average Bonchev–Trinajstić information content (AvgIpc) is 2.79. The maximum Gasteiger partial charge on any atom is 0.275 e. The van der Waals surface area contributed by atoms with Crippen LogP contribution in [0, 0.1) is 0 Å². The maximum atomic E-state index is 12.7. The summed E-state index contributed by atoms with van der Waals surface area (Å²) in [7, 11) is 0. The fraction of sp³-hybridized carbons (Fsp3) is 0.0400. The predicted octanol–water partition coefficient (Wildman–Crippen LogP) is 5.65. The van der Waals surface area contributed by atoms with Gasteiger partial charge in [0.05, 0.1) is 11.8 Å². The number of nitrogens with zero attached hydrogens (tertiary/aromatic N) is 1. The van der Waals surface area contributed by atoms with Crippen LogP contribution in [0.3, 0.4) is 0 Å². The molecule has 0 heterocycles. The molecule has 0 fully saturated rings. The van der Waals surface area contributed by atoms with E-state index < -0.39 is 5.91 Å². The quantitative estimate of drug-likeness (QED) is 0.280. The van der Waals surface area contributed by atoms with Crippen molar-refractivity contribution in [1.29, 1.82) is 0 Å². The third-order valence-corrected chi connectivity index (χ3v) is 5.22. The Bertz CT molecular complexity index is 1270. The number of amides is 1. The van der Waals surface area contributed by atoms with Crippen molar-refractivity contribution >= 4 is 38.8 Å². The standard InChI is InChI=1S/C25H19BrN2O3/c26-19-8-5-6-17(14-19)16-31-24-11-4-3-10-21(24)25(30)28-27-15-22-20-9-2-1-7-18(20)12-13-23(22)29/h1-15,29H,16H2,(H,28,30)/b27-15-. The molecule has 4 rings (SSSR count). The van der Waals surface area contributed by atoms with Crippen LogP contribution < -0.4 is 10.2 Å². The number of halogens is 1. The first-order valence-electron chi connectivity index (χ1n) is 9.62. The van der Waals surface area contributed by atoms with E-state index in [1.54, 1.807) is 24.3 Å². The first-order valence-corrected chi connectivity index (χ1v) is 10.4. The van der Waals surface area contributed by atoms with Gasteiger partial charge >= 0.3 is 0 Å². The molecule has 0 unspecified atom stereocenters. The van der Waals surface area contributed by atoms with Crippen molar-refractivity contribution in [2.75, 3.05) is 0 Å². The lowest BCUT2D eigenvalue weighted by Gasteiger charge is -2.11. The Kier molecular flexibility index (Phi) is 6.29. The van der Waals surface area contributed by atoms with E-state index in [9.17, 15) is 9.90 Å². The van der Waals surface area contributed by atoms with Crippen LogP contribution >= 0.6 is 15.9 Å². The molecule has 2 N–H and O–H groups in total. The zero-order valence-corrected chi connectivity index (χ0v) is 18.0. The lowest BCUT2D eigenvalue weighted by Crippen LogP contribution is -2.18. The summed E-state index contributed by atoms with van der Waals surface area (Å²) in [4.78, 5) is 12.7. The number of fused-ring (bicyclic) bond motifs is 1. The highest BCUT2D eigenvalue weighted by Gasteiger charge is 2.12. The Hall–Kier alpha value is -3.64. The number of ether oxygens (including phenoxy) is 1. The number of phenolic OH excluding ortho intramolecular Hbond substituents is 1. The van der Waals surface area contributed by atoms with Crippen molar-refractivity contribution in [3.8, 4) is 11.5 Å². The zero-order valence-electron chi connectivity index (χ0n) is 16.5. The molecule has 0 aliphatic carbocycles. The van der Waals surface area contributed by atoms with Gasteiger partial charge in [-0.3, -0.25) is 4.79 Å². The molecular formula is C25H19BrN2O3. The van der Waals surface area contributed by atoms with E-state index in [1.165, 1.54) is 6.21 Å². The van der Waals surface area contributed by atoms with Crippen LogP contribution in [0.25, 0.3) is 10.8 Å². The number of para-hydroxylation sites is 1. The summed E-state index contributed by atoms with van der Waals surface area (Å²) < 4.78 is 6.83. The Morgan fingerprint density at radius 1 is 1.00 bits per heavy atom. The summed E-state index contributed by atoms with van der Waals surface area (Å²) in [6.07, 6.45) is 1.44. The molecule has 5 nitrogen and oxygen atoms in total. The van der Waals surface area contributed by atoms with Crippen LogP contribution in [0.4, 0.5) is 0 Å². The van der Waals surface area contributed by atoms with Crippen molar-refractivity contribution in [2.24, 2.45) is 5.10 Å². The van der Waals surface area contributed by atoms with Gasteiger partial charge in [0.1, 0.15) is 18.1 Å². The molecule has 0 aliphatic heterocycles. The summed E-state index contributed by atoms with van der Waals surface area (Å²) in [5.74, 6) is 0.151. The molecule has 0 bridgehead atoms. The van der Waals surface area contributed by atoms with Gasteiger partial charge in [-0.15, -0.1) is 0 Å². The molecule has 4 aromatic rings. The Morgan fingerprint density at radius 2 is 1.81 bits per heavy atom. The topological polar surface area (TPSA) is 70.9 Å². The largest absolute Gasteiger partial charge is 0.507 e. The minimum Gasteiger partial charge on any atom is -0.507 e. The number of rotatable bonds is 6. The van der Waals surface area contributed by atoms with Gasteiger partial charge in [-0.2, -0.15) is 5.10 Å². The second kappa shape index (κ2) is 9.45. The fourth-order valence-corrected chi connectivity index (χ4v) is 3.65. The van der Waals surface area contributed by atoms with Gasteiger partial charge in [0, 0.05) is 10.0 Å². The highest BCUT2D eigenvalue weighted by atomic mass is 79.9. The van der Waals surface area contributed by atoms with Crippen LogP contribution in [-0.4, -0.2) is 17.2 Å². The molecule has 0 saturated heterocycles. The van der Waals surface area contributed by atoms with E-state index in [-0.39, 0.29) is 5.75 Å². The molecule has 0 aromatic heterocycles. The van der Waals surface area contributed by atoms with E-state index in [0.717, 1.165) is 20.8 Å². The Labute approximate surface area is 188 Å². The Morgan fingerprint density at radius 3 is 2.68 bits per heavy atom. The highest BCUT2D eigenvalue weighted by Crippen LogP contribution is 2.25. The zero-order chi connectivity index (χ0) is 21.6. The number of hydrazone groups is 1. The number of hydrogen-bond donors (Lipinski definition) is 2. The van der Waals surface area contributed by atoms with E-state index >= 15 is 0 Å². The van der Waals surface area contributed by atoms with Crippen molar-refractivity contribution in [1.82, 2.24) is 5.43 Å². The molecule has 0 aliphatic rings. The van der Waals surface area contributed by atoms with Gasteiger partial charge in [0.25, 0.3) is 5.91 Å². The van der Waals surface area contributed by atoms with Crippen molar-refractivity contribution in [3.63, 3.8) is 0 Å². The number of nitrogens with one attached hydrogen (secondary N) is 1. The maximum absolute atomic E-state index is 12.7. The second-order valence-electron chi connectivity index (χ2n) is 6.83. The smallest absolute Gasteiger partial charge is 0.275 e. The molecule has 4 aromatic carbocycles. The van der Waals surface area contributed by atoms with Crippen LogP contribution in [0.2, 0.25) is 0 Å². The van der Waals surface area contributed by atoms with E-state index in [0.29, 0.717) is 23.5 Å². The molecule has 0 spiro atoms. The van der Waals surface area contributed by atoms with Crippen molar-refractivity contribution in [3.05, 3.63) is 106 Å². The van der Waals surface area contributed by atoms with E-state index in [4.69, 9.17) is 4.74 Å². The normalized spacial score (nSPS) is 11.0. The molecule has 0 atom stereocenters. The summed E-state index contributed by atoms with van der Waals surface area (Å²) in [5, 5.41) is 16.1. The minimum absolute atomic E-state index is 0.0921. The van der Waals surface area contributed by atoms with Crippen LogP contribution in [-0.2, 0) is 6.61 Å². The lowest BCUT2D eigenvalue weighted by atomic mass is 10.0. The molecular weight excluding hydrogens is 456 g/mol. The highest BCUT2D eigenvalue weighted by molar-refractivity contribution is 9.10. The number of benzene rings is 4. The molecule has 6 heteroatoms. The summed E-state index contributed by atoms with van der Waals surface area (Å²) in [5.41, 5.74) is 4.41. The average molecular weight is 475 g/mol. The summed E-state index contributed by atoms with van der Waals surface area (Å²) in [6, 6.07) is 25.9. The number of carbonyl (C=O) groups excluding carboxylic acids is 1. The minimum atomic E-state index is -0.402. The molecule has 1 amide bonds. The van der Waals surface area contributed by atoms with E-state index in [1.807, 2.05) is 60.7 Å². The molecule has 0 radical (unpaired) electrons. The molecule has 0 saturated carbocycles.